The van der Waals surface area contributed by atoms with Gasteiger partial charge in [0.2, 0.25) is 0 Å². The van der Waals surface area contributed by atoms with Crippen molar-refractivity contribution in [2.45, 2.75) is 96.8 Å². The molecule has 0 heterocycles. The van der Waals surface area contributed by atoms with Gasteiger partial charge in [-0.1, -0.05) is 97.0 Å². The Kier molecular flexibility index (Phi) is 22.6. The Labute approximate surface area is 152 Å². The van der Waals surface area contributed by atoms with Crippen molar-refractivity contribution < 1.29 is 35.0 Å². The first-order chi connectivity index (χ1) is 12.4. The van der Waals surface area contributed by atoms with Crippen molar-refractivity contribution in [2.75, 3.05) is 6.61 Å². The monoisotopic (exact) mass is 364 g/mol. The standard InChI is InChI=1S/C18H36O7/c1-3-5-6-7-8-9-10-11-12-13-14-15-16-17-18-20-22-24-25-23-21-19-4-2/h4H,2-3,5-18H2,1H3. The molecule has 0 aromatic heterocycles. The minimum absolute atomic E-state index is 0.422. The predicted molar refractivity (Wildman–Crippen MR) is 93.0 cm³/mol. The average Bonchev–Trinajstić information content (AvgIpc) is 2.63. The Hall–Kier alpha value is -0.700. The summed E-state index contributed by atoms with van der Waals surface area (Å²) in [7, 11) is 0. The lowest BCUT2D eigenvalue weighted by Gasteiger charge is -2.03. The van der Waals surface area contributed by atoms with E-state index in [2.05, 4.69) is 43.6 Å². The molecule has 0 saturated heterocycles. The summed E-state index contributed by atoms with van der Waals surface area (Å²) in [6.07, 6.45) is 19.3. The van der Waals surface area contributed by atoms with Gasteiger partial charge in [-0.2, -0.15) is 0 Å². The molecule has 0 unspecified atom stereocenters. The van der Waals surface area contributed by atoms with Crippen LogP contribution in [-0.2, 0) is 35.0 Å². The minimum atomic E-state index is 0.422. The highest BCUT2D eigenvalue weighted by molar-refractivity contribution is 4.49. The van der Waals surface area contributed by atoms with E-state index in [1.54, 1.807) is 0 Å². The van der Waals surface area contributed by atoms with E-state index < -0.39 is 0 Å². The van der Waals surface area contributed by atoms with Gasteiger partial charge in [0.1, 0.15) is 6.26 Å². The van der Waals surface area contributed by atoms with Gasteiger partial charge in [0.15, 0.2) is 0 Å². The highest BCUT2D eigenvalue weighted by Crippen LogP contribution is 2.12. The molecule has 0 aromatic rings. The molecule has 0 saturated carbocycles. The van der Waals surface area contributed by atoms with E-state index in [4.69, 9.17) is 4.89 Å². The van der Waals surface area contributed by atoms with Gasteiger partial charge in [0.05, 0.1) is 6.61 Å². The summed E-state index contributed by atoms with van der Waals surface area (Å²) in [6.45, 7) is 5.89. The second-order valence-electron chi connectivity index (χ2n) is 6.02. The lowest BCUT2D eigenvalue weighted by atomic mass is 10.0. The van der Waals surface area contributed by atoms with E-state index in [0.29, 0.717) is 6.61 Å². The fraction of sp³-hybridized carbons (Fsp3) is 0.889. The first kappa shape index (κ1) is 24.3. The highest BCUT2D eigenvalue weighted by Gasteiger charge is 1.96. The summed E-state index contributed by atoms with van der Waals surface area (Å²) in [6, 6.07) is 0. The van der Waals surface area contributed by atoms with Gasteiger partial charge in [-0.15, -0.1) is 0 Å². The Bertz CT molecular complexity index is 252. The Morgan fingerprint density at radius 1 is 0.560 bits per heavy atom. The molecule has 7 nitrogen and oxygen atoms in total. The summed E-state index contributed by atoms with van der Waals surface area (Å²) in [5.41, 5.74) is 0. The molecule has 0 spiro atoms. The van der Waals surface area contributed by atoms with Gasteiger partial charge in [0.25, 0.3) is 0 Å². The predicted octanol–water partition coefficient (Wildman–Crippen LogP) is 6.22. The molecule has 7 heteroatoms. The summed E-state index contributed by atoms with van der Waals surface area (Å²) in [5, 5.41) is 19.9. The summed E-state index contributed by atoms with van der Waals surface area (Å²) >= 11 is 0. The van der Waals surface area contributed by atoms with Crippen LogP contribution >= 0.6 is 0 Å². The van der Waals surface area contributed by atoms with Crippen molar-refractivity contribution in [2.24, 2.45) is 0 Å². The molecule has 0 N–H and O–H groups in total. The average molecular weight is 364 g/mol. The molecule has 0 aromatic carbocycles. The SMILES string of the molecule is C=COOOOOOOCCCCCCCCCCCCCCCC. The van der Waals surface area contributed by atoms with Gasteiger partial charge >= 0.3 is 0 Å². The minimum Gasteiger partial charge on any atom is -0.315 e. The molecular formula is C18H36O7. The van der Waals surface area contributed by atoms with Crippen molar-refractivity contribution >= 4 is 0 Å². The normalized spacial score (nSPS) is 10.9. The largest absolute Gasteiger partial charge is 0.315 e. The lowest BCUT2D eigenvalue weighted by molar-refractivity contribution is -0.786. The first-order valence-corrected chi connectivity index (χ1v) is 9.64. The molecule has 0 aliphatic rings. The zero-order valence-corrected chi connectivity index (χ0v) is 15.7. The smallest absolute Gasteiger partial charge is 0.125 e. The quantitative estimate of drug-likeness (QED) is 0.0978. The van der Waals surface area contributed by atoms with Crippen LogP contribution in [0.2, 0.25) is 0 Å². The Morgan fingerprint density at radius 2 is 1.00 bits per heavy atom. The summed E-state index contributed by atoms with van der Waals surface area (Å²) in [5.74, 6) is 0. The van der Waals surface area contributed by atoms with Crippen LogP contribution in [0.15, 0.2) is 12.8 Å². The molecule has 0 atom stereocenters. The fourth-order valence-electron chi connectivity index (χ4n) is 2.49. The van der Waals surface area contributed by atoms with E-state index in [9.17, 15) is 0 Å². The van der Waals surface area contributed by atoms with Gasteiger partial charge in [0, 0.05) is 15.1 Å². The number of unbranched alkanes of at least 4 members (excludes halogenated alkanes) is 13. The molecule has 0 aliphatic carbocycles. The molecule has 0 rings (SSSR count). The van der Waals surface area contributed by atoms with Gasteiger partial charge in [-0.05, 0) is 16.5 Å². The summed E-state index contributed by atoms with van der Waals surface area (Å²) < 4.78 is 0. The number of hydrogen-bond donors (Lipinski definition) is 0. The van der Waals surface area contributed by atoms with E-state index in [1.165, 1.54) is 77.0 Å². The lowest BCUT2D eigenvalue weighted by Crippen LogP contribution is -2.01. The maximum Gasteiger partial charge on any atom is 0.125 e. The molecule has 0 bridgehead atoms. The zero-order valence-electron chi connectivity index (χ0n) is 15.7. The molecule has 0 amide bonds. The van der Waals surface area contributed by atoms with E-state index in [1.807, 2.05) is 0 Å². The maximum absolute atomic E-state index is 4.70. The van der Waals surface area contributed by atoms with Crippen molar-refractivity contribution in [3.05, 3.63) is 12.8 Å². The molecule has 0 fully saturated rings. The third kappa shape index (κ3) is 23.3. The van der Waals surface area contributed by atoms with Crippen LogP contribution in [-0.4, -0.2) is 6.61 Å². The summed E-state index contributed by atoms with van der Waals surface area (Å²) in [4.78, 5) is 8.81. The van der Waals surface area contributed by atoms with Crippen molar-refractivity contribution in [1.82, 2.24) is 0 Å². The van der Waals surface area contributed by atoms with Crippen LogP contribution in [0.3, 0.4) is 0 Å². The van der Waals surface area contributed by atoms with Crippen LogP contribution in [0.4, 0.5) is 0 Å². The zero-order chi connectivity index (χ0) is 18.3. The highest BCUT2D eigenvalue weighted by atomic mass is 17.9. The van der Waals surface area contributed by atoms with Gasteiger partial charge in [-0.3, -0.25) is 0 Å². The van der Waals surface area contributed by atoms with E-state index in [0.717, 1.165) is 19.1 Å². The Morgan fingerprint density at radius 3 is 1.52 bits per heavy atom. The van der Waals surface area contributed by atoms with Crippen LogP contribution in [0.1, 0.15) is 96.8 Å². The Balaban J connectivity index is 2.95. The van der Waals surface area contributed by atoms with E-state index >= 15 is 0 Å². The molecule has 150 valence electrons. The van der Waals surface area contributed by atoms with Crippen LogP contribution in [0.25, 0.3) is 0 Å². The van der Waals surface area contributed by atoms with E-state index in [-0.39, 0.29) is 0 Å². The van der Waals surface area contributed by atoms with Gasteiger partial charge in [-0.25, -0.2) is 4.89 Å². The fourth-order valence-corrected chi connectivity index (χ4v) is 2.49. The molecular weight excluding hydrogens is 328 g/mol. The van der Waals surface area contributed by atoms with Crippen molar-refractivity contribution in [1.29, 1.82) is 0 Å². The molecule has 0 radical (unpaired) electrons. The van der Waals surface area contributed by atoms with Crippen LogP contribution in [0, 0.1) is 0 Å². The number of rotatable bonds is 22. The molecule has 0 aliphatic heterocycles. The first-order valence-electron chi connectivity index (χ1n) is 9.64. The third-order valence-electron chi connectivity index (χ3n) is 3.85. The van der Waals surface area contributed by atoms with Crippen molar-refractivity contribution in [3.63, 3.8) is 0 Å². The van der Waals surface area contributed by atoms with Gasteiger partial charge < -0.3 is 4.89 Å². The second-order valence-corrected chi connectivity index (χ2v) is 6.02. The second kappa shape index (κ2) is 23.3. The maximum atomic E-state index is 4.70. The number of hydrogen-bond acceptors (Lipinski definition) is 7. The van der Waals surface area contributed by atoms with Crippen molar-refractivity contribution in [3.8, 4) is 0 Å². The topological polar surface area (TPSA) is 64.6 Å². The molecule has 25 heavy (non-hydrogen) atoms. The van der Waals surface area contributed by atoms with Crippen LogP contribution < -0.4 is 0 Å². The third-order valence-corrected chi connectivity index (χ3v) is 3.85. The van der Waals surface area contributed by atoms with Crippen LogP contribution in [0.5, 0.6) is 0 Å².